The van der Waals surface area contributed by atoms with Gasteiger partial charge in [-0.2, -0.15) is 4.98 Å². The van der Waals surface area contributed by atoms with Crippen LogP contribution in [0.15, 0.2) is 59.9 Å². The number of benzene rings is 2. The summed E-state index contributed by atoms with van der Waals surface area (Å²) in [5, 5.41) is 2.69. The van der Waals surface area contributed by atoms with Crippen LogP contribution in [-0.2, 0) is 0 Å². The Balaban J connectivity index is 1.77. The van der Waals surface area contributed by atoms with Gasteiger partial charge in [0.05, 0.1) is 16.8 Å². The van der Waals surface area contributed by atoms with Gasteiger partial charge < -0.3 is 15.0 Å². The van der Waals surface area contributed by atoms with Gasteiger partial charge in [-0.25, -0.2) is 4.39 Å². The second kappa shape index (κ2) is 11.5. The molecule has 0 saturated carbocycles. The number of halogens is 1. The van der Waals surface area contributed by atoms with E-state index in [1.807, 2.05) is 33.8 Å². The lowest BCUT2D eigenvalue weighted by Crippen LogP contribution is -2.30. The Hall–Kier alpha value is -4.20. The predicted octanol–water partition coefficient (Wildman–Crippen LogP) is 5.92. The number of aromatic nitrogens is 2. The first-order valence-corrected chi connectivity index (χ1v) is 11.7. The van der Waals surface area contributed by atoms with Crippen LogP contribution in [0.25, 0.3) is 12.2 Å². The summed E-state index contributed by atoms with van der Waals surface area (Å²) in [5.74, 6) is -0.304. The molecule has 0 aliphatic carbocycles. The van der Waals surface area contributed by atoms with Crippen molar-refractivity contribution in [3.63, 3.8) is 0 Å². The van der Waals surface area contributed by atoms with Crippen LogP contribution in [0, 0.1) is 11.7 Å². The summed E-state index contributed by atoms with van der Waals surface area (Å²) in [4.78, 5) is 33.4. The van der Waals surface area contributed by atoms with Crippen LogP contribution < -0.4 is 20.5 Å². The third kappa shape index (κ3) is 6.47. The van der Waals surface area contributed by atoms with E-state index < -0.39 is 11.7 Å². The van der Waals surface area contributed by atoms with E-state index in [2.05, 4.69) is 21.9 Å². The molecule has 1 heterocycles. The number of carbonyl (C=O) groups excluding carboxylic acids is 1. The average molecular weight is 491 g/mol. The monoisotopic (exact) mass is 490 g/mol. The number of hydrogen-bond acceptors (Lipinski definition) is 5. The number of nitrogens with zero attached hydrogens (tertiary/aromatic N) is 2. The molecule has 0 fully saturated rings. The second-order valence-corrected chi connectivity index (χ2v) is 8.92. The van der Waals surface area contributed by atoms with Crippen LogP contribution in [0.5, 0.6) is 11.8 Å². The van der Waals surface area contributed by atoms with E-state index in [1.165, 1.54) is 18.2 Å². The van der Waals surface area contributed by atoms with Gasteiger partial charge in [-0.3, -0.25) is 14.6 Å². The number of rotatable bonds is 9. The summed E-state index contributed by atoms with van der Waals surface area (Å²) in [5.41, 5.74) is 1.86. The molecule has 0 bridgehead atoms. The smallest absolute Gasteiger partial charge is 0.302 e. The molecule has 0 spiro atoms. The van der Waals surface area contributed by atoms with Gasteiger partial charge in [-0.1, -0.05) is 32.6 Å². The van der Waals surface area contributed by atoms with Gasteiger partial charge in [-0.05, 0) is 68.3 Å². The highest BCUT2D eigenvalue weighted by Gasteiger charge is 2.15. The molecule has 0 aliphatic rings. The lowest BCUT2D eigenvalue weighted by molar-refractivity contribution is 0.0939. The Morgan fingerprint density at radius 1 is 1.14 bits per heavy atom. The van der Waals surface area contributed by atoms with Crippen molar-refractivity contribution < 1.29 is 13.9 Å². The van der Waals surface area contributed by atoms with E-state index in [0.29, 0.717) is 22.7 Å². The molecular formula is C28H31FN4O3. The van der Waals surface area contributed by atoms with Crippen molar-refractivity contribution in [2.24, 2.45) is 5.92 Å². The molecule has 188 valence electrons. The maximum Gasteiger partial charge on any atom is 0.302 e. The largest absolute Gasteiger partial charge is 0.426 e. The number of ether oxygens (including phenoxy) is 1. The van der Waals surface area contributed by atoms with Crippen molar-refractivity contribution in [1.29, 1.82) is 0 Å². The highest BCUT2D eigenvalue weighted by molar-refractivity contribution is 5.95. The summed E-state index contributed by atoms with van der Waals surface area (Å²) >= 11 is 0. The average Bonchev–Trinajstić information content (AvgIpc) is 2.82. The van der Waals surface area contributed by atoms with E-state index in [1.54, 1.807) is 48.4 Å². The van der Waals surface area contributed by atoms with Crippen molar-refractivity contribution in [2.75, 3.05) is 11.9 Å². The fourth-order valence-corrected chi connectivity index (χ4v) is 3.37. The van der Waals surface area contributed by atoms with Gasteiger partial charge in [0.2, 0.25) is 0 Å². The number of H-pyrrole nitrogens is 1. The molecule has 8 heteroatoms. The zero-order valence-corrected chi connectivity index (χ0v) is 21.1. The topological polar surface area (TPSA) is 87.3 Å². The molecule has 7 nitrogen and oxygen atoms in total. The molecule has 36 heavy (non-hydrogen) atoms. The van der Waals surface area contributed by atoms with Crippen molar-refractivity contribution in [3.05, 3.63) is 88.1 Å². The van der Waals surface area contributed by atoms with Gasteiger partial charge in [0.1, 0.15) is 11.6 Å². The van der Waals surface area contributed by atoms with Gasteiger partial charge in [0.25, 0.3) is 11.5 Å². The Morgan fingerprint density at radius 3 is 2.39 bits per heavy atom. The fourth-order valence-electron chi connectivity index (χ4n) is 3.37. The first-order valence-electron chi connectivity index (χ1n) is 11.7. The van der Waals surface area contributed by atoms with E-state index in [4.69, 9.17) is 4.74 Å². The lowest BCUT2D eigenvalue weighted by atomic mass is 10.1. The maximum atomic E-state index is 14.6. The minimum atomic E-state index is -0.600. The van der Waals surface area contributed by atoms with E-state index >= 15 is 0 Å². The van der Waals surface area contributed by atoms with Gasteiger partial charge in [0, 0.05) is 24.5 Å². The van der Waals surface area contributed by atoms with E-state index in [0.717, 1.165) is 5.69 Å². The standard InChI is InChI=1S/C28H31FN4O3/c1-7-25-23(14-8-17(2)3)27(35)32-28(31-25)36-21-12-9-19(10-13-21)33(6)20-11-15-22(24(29)16-20)26(34)30-18(4)5/h7-18H,1H2,2-6H3,(H,30,34)(H,31,32,35)/b14-8-. The normalized spacial score (nSPS) is 11.2. The summed E-state index contributed by atoms with van der Waals surface area (Å²) in [6, 6.07) is 11.4. The zero-order chi connectivity index (χ0) is 26.4. The summed E-state index contributed by atoms with van der Waals surface area (Å²) in [6.45, 7) is 11.4. The Morgan fingerprint density at radius 2 is 1.81 bits per heavy atom. The van der Waals surface area contributed by atoms with Gasteiger partial charge >= 0.3 is 6.01 Å². The first-order chi connectivity index (χ1) is 17.1. The highest BCUT2D eigenvalue weighted by atomic mass is 19.1. The molecule has 0 atom stereocenters. The maximum absolute atomic E-state index is 14.6. The molecule has 1 amide bonds. The van der Waals surface area contributed by atoms with Crippen molar-refractivity contribution in [2.45, 2.75) is 33.7 Å². The summed E-state index contributed by atoms with van der Waals surface area (Å²) in [7, 11) is 1.79. The predicted molar refractivity (Wildman–Crippen MR) is 142 cm³/mol. The number of carbonyl (C=O) groups is 1. The molecule has 1 aromatic heterocycles. The lowest BCUT2D eigenvalue weighted by Gasteiger charge is -2.20. The molecule has 0 radical (unpaired) electrons. The minimum Gasteiger partial charge on any atom is -0.426 e. The number of aromatic amines is 1. The molecule has 3 aromatic rings. The molecule has 0 unspecified atom stereocenters. The molecule has 0 aliphatic heterocycles. The number of anilines is 2. The van der Waals surface area contributed by atoms with Gasteiger partial charge in [0.15, 0.2) is 0 Å². The van der Waals surface area contributed by atoms with E-state index in [9.17, 15) is 14.0 Å². The molecule has 0 saturated heterocycles. The van der Waals surface area contributed by atoms with Crippen molar-refractivity contribution >= 4 is 29.4 Å². The second-order valence-electron chi connectivity index (χ2n) is 8.92. The number of amides is 1. The van der Waals surface area contributed by atoms with Crippen LogP contribution in [-0.4, -0.2) is 29.0 Å². The fraction of sp³-hybridized carbons (Fsp3) is 0.250. The molecular weight excluding hydrogens is 459 g/mol. The molecule has 3 rings (SSSR count). The van der Waals surface area contributed by atoms with Crippen LogP contribution >= 0.6 is 0 Å². The minimum absolute atomic E-state index is 0.00398. The third-order valence-corrected chi connectivity index (χ3v) is 5.25. The summed E-state index contributed by atoms with van der Waals surface area (Å²) in [6.07, 6.45) is 5.15. The Bertz CT molecular complexity index is 1330. The van der Waals surface area contributed by atoms with E-state index in [-0.39, 0.29) is 29.1 Å². The molecule has 2 aromatic carbocycles. The van der Waals surface area contributed by atoms with Crippen LogP contribution in [0.2, 0.25) is 0 Å². The first kappa shape index (κ1) is 26.4. The third-order valence-electron chi connectivity index (χ3n) is 5.25. The highest BCUT2D eigenvalue weighted by Crippen LogP contribution is 2.28. The van der Waals surface area contributed by atoms with Crippen molar-refractivity contribution in [1.82, 2.24) is 15.3 Å². The number of hydrogen-bond donors (Lipinski definition) is 2. The summed E-state index contributed by atoms with van der Waals surface area (Å²) < 4.78 is 20.3. The molecule has 2 N–H and O–H groups in total. The SMILES string of the molecule is C=Cc1nc(Oc2ccc(N(C)c3ccc(C(=O)NC(C)C)c(F)c3)cc2)[nH]c(=O)c1/C=C\C(C)C. The Kier molecular flexibility index (Phi) is 8.42. The van der Waals surface area contributed by atoms with Gasteiger partial charge in [-0.15, -0.1) is 0 Å². The Labute approximate surface area is 210 Å². The van der Waals surface area contributed by atoms with Crippen LogP contribution in [0.4, 0.5) is 15.8 Å². The van der Waals surface area contributed by atoms with Crippen molar-refractivity contribution in [3.8, 4) is 11.8 Å². The number of allylic oxidation sites excluding steroid dienone is 1. The van der Waals surface area contributed by atoms with Crippen LogP contribution in [0.1, 0.15) is 49.3 Å². The number of nitrogens with one attached hydrogen (secondary N) is 2. The zero-order valence-electron chi connectivity index (χ0n) is 21.1. The quantitative estimate of drug-likeness (QED) is 0.389. The van der Waals surface area contributed by atoms with Crippen LogP contribution in [0.3, 0.4) is 0 Å².